The quantitative estimate of drug-likeness (QED) is 0.818. The standard InChI is InChI=1S/C12H19N3O2/c1-4-8(3)15(5-2)11-10(12(16)17)6-9(13)7-14-11/h6-8H,4-5,13H2,1-3H3,(H,16,17). The molecule has 0 bridgehead atoms. The van der Waals surface area contributed by atoms with Crippen molar-refractivity contribution in [2.24, 2.45) is 0 Å². The van der Waals surface area contributed by atoms with Crippen LogP contribution in [0.3, 0.4) is 0 Å². The third-order valence-electron chi connectivity index (χ3n) is 2.85. The fourth-order valence-corrected chi connectivity index (χ4v) is 1.75. The van der Waals surface area contributed by atoms with Gasteiger partial charge in [0.25, 0.3) is 0 Å². The predicted octanol–water partition coefficient (Wildman–Crippen LogP) is 1.99. The van der Waals surface area contributed by atoms with E-state index in [0.717, 1.165) is 6.42 Å². The first-order valence-corrected chi connectivity index (χ1v) is 5.76. The number of carboxylic acids is 1. The summed E-state index contributed by atoms with van der Waals surface area (Å²) < 4.78 is 0. The SMILES string of the molecule is CCC(C)N(CC)c1ncc(N)cc1C(=O)O. The molecule has 1 aromatic heterocycles. The molecule has 0 radical (unpaired) electrons. The monoisotopic (exact) mass is 237 g/mol. The molecular formula is C12H19N3O2. The Kier molecular flexibility index (Phi) is 4.31. The molecule has 0 aliphatic heterocycles. The molecular weight excluding hydrogens is 218 g/mol. The second-order valence-electron chi connectivity index (χ2n) is 3.99. The molecule has 0 saturated carbocycles. The van der Waals surface area contributed by atoms with E-state index in [4.69, 9.17) is 10.8 Å². The summed E-state index contributed by atoms with van der Waals surface area (Å²) in [5.41, 5.74) is 6.10. The smallest absolute Gasteiger partial charge is 0.339 e. The average molecular weight is 237 g/mol. The Morgan fingerprint density at radius 1 is 1.59 bits per heavy atom. The van der Waals surface area contributed by atoms with Gasteiger partial charge < -0.3 is 15.7 Å². The van der Waals surface area contributed by atoms with Gasteiger partial charge in [0, 0.05) is 12.6 Å². The summed E-state index contributed by atoms with van der Waals surface area (Å²) in [7, 11) is 0. The molecule has 0 fully saturated rings. The fourth-order valence-electron chi connectivity index (χ4n) is 1.75. The summed E-state index contributed by atoms with van der Waals surface area (Å²) in [4.78, 5) is 17.3. The highest BCUT2D eigenvalue weighted by atomic mass is 16.4. The highest BCUT2D eigenvalue weighted by molar-refractivity contribution is 5.94. The molecule has 0 aromatic carbocycles. The molecule has 5 heteroatoms. The molecule has 1 heterocycles. The number of nitrogens with two attached hydrogens (primary N) is 1. The Morgan fingerprint density at radius 3 is 2.71 bits per heavy atom. The number of aromatic carboxylic acids is 1. The number of aromatic nitrogens is 1. The van der Waals surface area contributed by atoms with Crippen LogP contribution in [-0.4, -0.2) is 28.6 Å². The second kappa shape index (κ2) is 5.52. The van der Waals surface area contributed by atoms with Crippen LogP contribution in [0.1, 0.15) is 37.6 Å². The molecule has 0 aliphatic rings. The molecule has 3 N–H and O–H groups in total. The molecule has 1 atom stereocenters. The maximum atomic E-state index is 11.2. The van der Waals surface area contributed by atoms with Gasteiger partial charge in [0.05, 0.1) is 11.9 Å². The van der Waals surface area contributed by atoms with Crippen molar-refractivity contribution in [1.82, 2.24) is 4.98 Å². The number of carbonyl (C=O) groups is 1. The highest BCUT2D eigenvalue weighted by Gasteiger charge is 2.20. The Balaban J connectivity index is 3.23. The molecule has 0 amide bonds. The van der Waals surface area contributed by atoms with E-state index in [0.29, 0.717) is 18.1 Å². The normalized spacial score (nSPS) is 12.2. The Hall–Kier alpha value is -1.78. The molecule has 1 unspecified atom stereocenters. The molecule has 0 saturated heterocycles. The Bertz CT molecular complexity index is 407. The van der Waals surface area contributed by atoms with Crippen LogP contribution in [0.15, 0.2) is 12.3 Å². The summed E-state index contributed by atoms with van der Waals surface area (Å²) in [6, 6.07) is 1.70. The maximum Gasteiger partial charge on any atom is 0.339 e. The number of nitrogens with zero attached hydrogens (tertiary/aromatic N) is 2. The Morgan fingerprint density at radius 2 is 2.24 bits per heavy atom. The van der Waals surface area contributed by atoms with Crippen molar-refractivity contribution >= 4 is 17.5 Å². The van der Waals surface area contributed by atoms with Gasteiger partial charge >= 0.3 is 5.97 Å². The van der Waals surface area contributed by atoms with Crippen molar-refractivity contribution in [1.29, 1.82) is 0 Å². The molecule has 1 aromatic rings. The van der Waals surface area contributed by atoms with Crippen molar-refractivity contribution in [2.75, 3.05) is 17.2 Å². The lowest BCUT2D eigenvalue weighted by Crippen LogP contribution is -2.34. The van der Waals surface area contributed by atoms with E-state index in [2.05, 4.69) is 11.9 Å². The van der Waals surface area contributed by atoms with Gasteiger partial charge in [0.2, 0.25) is 0 Å². The minimum Gasteiger partial charge on any atom is -0.478 e. The molecule has 0 spiro atoms. The van der Waals surface area contributed by atoms with Crippen molar-refractivity contribution in [2.45, 2.75) is 33.2 Å². The minimum absolute atomic E-state index is 0.159. The number of carboxylic acid groups (broad SMARTS) is 1. The van der Waals surface area contributed by atoms with Crippen molar-refractivity contribution in [3.63, 3.8) is 0 Å². The maximum absolute atomic E-state index is 11.2. The fraction of sp³-hybridized carbons (Fsp3) is 0.500. The molecule has 17 heavy (non-hydrogen) atoms. The first kappa shape index (κ1) is 13.3. The first-order valence-electron chi connectivity index (χ1n) is 5.76. The first-order chi connectivity index (χ1) is 8.01. The molecule has 5 nitrogen and oxygen atoms in total. The summed E-state index contributed by atoms with van der Waals surface area (Å²) >= 11 is 0. The number of hydrogen-bond donors (Lipinski definition) is 2. The van der Waals surface area contributed by atoms with Crippen LogP contribution in [-0.2, 0) is 0 Å². The molecule has 94 valence electrons. The Labute approximate surface area is 101 Å². The lowest BCUT2D eigenvalue weighted by Gasteiger charge is -2.29. The average Bonchev–Trinajstić information content (AvgIpc) is 2.31. The van der Waals surface area contributed by atoms with E-state index in [-0.39, 0.29) is 11.6 Å². The lowest BCUT2D eigenvalue weighted by atomic mass is 10.1. The predicted molar refractivity (Wildman–Crippen MR) is 68.4 cm³/mol. The van der Waals surface area contributed by atoms with Crippen LogP contribution < -0.4 is 10.6 Å². The van der Waals surface area contributed by atoms with E-state index < -0.39 is 5.97 Å². The second-order valence-corrected chi connectivity index (χ2v) is 3.99. The number of nitrogen functional groups attached to an aromatic ring is 1. The highest BCUT2D eigenvalue weighted by Crippen LogP contribution is 2.22. The largest absolute Gasteiger partial charge is 0.478 e. The molecule has 1 rings (SSSR count). The summed E-state index contributed by atoms with van der Waals surface area (Å²) in [6.07, 6.45) is 2.42. The summed E-state index contributed by atoms with van der Waals surface area (Å²) in [5.74, 6) is -0.509. The molecule has 0 aliphatic carbocycles. The van der Waals surface area contributed by atoms with Gasteiger partial charge in [0.1, 0.15) is 11.4 Å². The zero-order valence-corrected chi connectivity index (χ0v) is 10.5. The van der Waals surface area contributed by atoms with Crippen LogP contribution in [0.2, 0.25) is 0 Å². The van der Waals surface area contributed by atoms with Crippen LogP contribution >= 0.6 is 0 Å². The van der Waals surface area contributed by atoms with Crippen LogP contribution in [0.25, 0.3) is 0 Å². The van der Waals surface area contributed by atoms with Crippen molar-refractivity contribution < 1.29 is 9.90 Å². The zero-order valence-electron chi connectivity index (χ0n) is 10.5. The van der Waals surface area contributed by atoms with Crippen molar-refractivity contribution in [3.05, 3.63) is 17.8 Å². The van der Waals surface area contributed by atoms with Crippen molar-refractivity contribution in [3.8, 4) is 0 Å². The number of rotatable bonds is 5. The van der Waals surface area contributed by atoms with Gasteiger partial charge in [-0.1, -0.05) is 6.92 Å². The number of hydrogen-bond acceptors (Lipinski definition) is 4. The van der Waals surface area contributed by atoms with E-state index in [1.807, 2.05) is 18.7 Å². The number of pyridine rings is 1. The van der Waals surface area contributed by atoms with Crippen LogP contribution in [0.4, 0.5) is 11.5 Å². The summed E-state index contributed by atoms with van der Waals surface area (Å²) in [6.45, 7) is 6.81. The zero-order chi connectivity index (χ0) is 13.0. The van der Waals surface area contributed by atoms with E-state index in [1.165, 1.54) is 12.3 Å². The van der Waals surface area contributed by atoms with Gasteiger partial charge in [-0.15, -0.1) is 0 Å². The van der Waals surface area contributed by atoms with Crippen LogP contribution in [0.5, 0.6) is 0 Å². The van der Waals surface area contributed by atoms with Gasteiger partial charge in [-0.2, -0.15) is 0 Å². The van der Waals surface area contributed by atoms with E-state index in [9.17, 15) is 4.79 Å². The van der Waals surface area contributed by atoms with Gasteiger partial charge in [0.15, 0.2) is 0 Å². The number of anilines is 2. The third-order valence-corrected chi connectivity index (χ3v) is 2.85. The van der Waals surface area contributed by atoms with E-state index in [1.54, 1.807) is 0 Å². The minimum atomic E-state index is -0.999. The van der Waals surface area contributed by atoms with Gasteiger partial charge in [-0.3, -0.25) is 0 Å². The topological polar surface area (TPSA) is 79.5 Å². The van der Waals surface area contributed by atoms with Crippen LogP contribution in [0, 0.1) is 0 Å². The van der Waals surface area contributed by atoms with E-state index >= 15 is 0 Å². The van der Waals surface area contributed by atoms with Gasteiger partial charge in [-0.05, 0) is 26.3 Å². The summed E-state index contributed by atoms with van der Waals surface area (Å²) in [5, 5.41) is 9.17. The third kappa shape index (κ3) is 2.87. The van der Waals surface area contributed by atoms with Gasteiger partial charge in [-0.25, -0.2) is 9.78 Å². The lowest BCUT2D eigenvalue weighted by molar-refractivity contribution is 0.0697.